The lowest BCUT2D eigenvalue weighted by molar-refractivity contribution is -0.384. The lowest BCUT2D eigenvalue weighted by Crippen LogP contribution is -2.28. The van der Waals surface area contributed by atoms with Gasteiger partial charge in [-0.3, -0.25) is 14.9 Å². The van der Waals surface area contributed by atoms with Crippen molar-refractivity contribution in [1.82, 2.24) is 9.88 Å². The minimum Gasteiger partial charge on any atom is -0.330 e. The quantitative estimate of drug-likeness (QED) is 0.378. The monoisotopic (exact) mass is 379 g/mol. The molecule has 1 aromatic heterocycles. The molecule has 0 saturated carbocycles. The molecule has 1 aliphatic heterocycles. The number of benzene rings is 2. The van der Waals surface area contributed by atoms with Crippen LogP contribution >= 0.6 is 11.3 Å². The van der Waals surface area contributed by atoms with Gasteiger partial charge in [0.25, 0.3) is 5.69 Å². The minimum atomic E-state index is -0.442. The second-order valence-corrected chi connectivity index (χ2v) is 7.46. The molecule has 3 aromatic rings. The fourth-order valence-corrected chi connectivity index (χ4v) is 4.44. The zero-order valence-corrected chi connectivity index (χ0v) is 15.3. The number of nitro groups is 1. The second-order valence-electron chi connectivity index (χ2n) is 6.39. The summed E-state index contributed by atoms with van der Waals surface area (Å²) in [5.74, 6) is -0.0942. The summed E-state index contributed by atoms with van der Waals surface area (Å²) < 4.78 is 1.12. The van der Waals surface area contributed by atoms with E-state index in [1.807, 2.05) is 29.2 Å². The third-order valence-corrected chi connectivity index (χ3v) is 5.77. The molecule has 6 nitrogen and oxygen atoms in total. The SMILES string of the molecule is O=C(/C=C/c1cccc([N+](=O)[O-])c1)N1CCCC1c1nc2ccccc2s1. The van der Waals surface area contributed by atoms with Gasteiger partial charge in [0.05, 0.1) is 21.2 Å². The lowest BCUT2D eigenvalue weighted by Gasteiger charge is -2.21. The van der Waals surface area contributed by atoms with Crippen molar-refractivity contribution in [2.45, 2.75) is 18.9 Å². The Morgan fingerprint density at radius 1 is 1.26 bits per heavy atom. The van der Waals surface area contributed by atoms with Gasteiger partial charge >= 0.3 is 0 Å². The third-order valence-electron chi connectivity index (χ3n) is 4.63. The molecule has 0 aliphatic carbocycles. The van der Waals surface area contributed by atoms with Crippen molar-refractivity contribution < 1.29 is 9.72 Å². The molecule has 1 fully saturated rings. The van der Waals surface area contributed by atoms with Crippen LogP contribution in [0.1, 0.15) is 29.5 Å². The van der Waals surface area contributed by atoms with E-state index < -0.39 is 4.92 Å². The molecule has 0 spiro atoms. The Morgan fingerprint density at radius 2 is 2.11 bits per heavy atom. The fraction of sp³-hybridized carbons (Fsp3) is 0.200. The molecule has 0 bridgehead atoms. The van der Waals surface area contributed by atoms with Crippen LogP contribution in [0.3, 0.4) is 0 Å². The Balaban J connectivity index is 1.54. The van der Waals surface area contributed by atoms with Crippen LogP contribution in [0.25, 0.3) is 16.3 Å². The van der Waals surface area contributed by atoms with E-state index in [0.29, 0.717) is 12.1 Å². The Hall–Kier alpha value is -3.06. The number of hydrogen-bond donors (Lipinski definition) is 0. The summed E-state index contributed by atoms with van der Waals surface area (Å²) in [6, 6.07) is 14.2. The summed E-state index contributed by atoms with van der Waals surface area (Å²) in [7, 11) is 0. The number of rotatable bonds is 4. The van der Waals surface area contributed by atoms with Crippen LogP contribution in [0.15, 0.2) is 54.6 Å². The number of fused-ring (bicyclic) bond motifs is 1. The molecule has 0 N–H and O–H groups in total. The molecule has 1 saturated heterocycles. The second kappa shape index (κ2) is 7.28. The molecule has 1 unspecified atom stereocenters. The Bertz CT molecular complexity index is 1010. The van der Waals surface area contributed by atoms with E-state index >= 15 is 0 Å². The summed E-state index contributed by atoms with van der Waals surface area (Å²) in [5.41, 5.74) is 1.61. The first-order valence-electron chi connectivity index (χ1n) is 8.70. The summed E-state index contributed by atoms with van der Waals surface area (Å²) in [6.45, 7) is 0.693. The van der Waals surface area contributed by atoms with Gasteiger partial charge in [0.1, 0.15) is 5.01 Å². The van der Waals surface area contributed by atoms with Crippen LogP contribution in [0.2, 0.25) is 0 Å². The molecule has 1 amide bonds. The first kappa shape index (κ1) is 17.4. The van der Waals surface area contributed by atoms with E-state index in [1.54, 1.807) is 29.5 Å². The van der Waals surface area contributed by atoms with Crippen LogP contribution in [0.4, 0.5) is 5.69 Å². The molecule has 1 aliphatic rings. The van der Waals surface area contributed by atoms with Crippen LogP contribution in [0, 0.1) is 10.1 Å². The number of thiazole rings is 1. The molecule has 2 aromatic carbocycles. The number of amides is 1. The molecular weight excluding hydrogens is 362 g/mol. The van der Waals surface area contributed by atoms with Crippen molar-refractivity contribution in [2.24, 2.45) is 0 Å². The molecule has 7 heteroatoms. The predicted octanol–water partition coefficient (Wildman–Crippen LogP) is 4.58. The van der Waals surface area contributed by atoms with Gasteiger partial charge in [-0.2, -0.15) is 0 Å². The van der Waals surface area contributed by atoms with Gasteiger partial charge in [-0.25, -0.2) is 4.98 Å². The van der Waals surface area contributed by atoms with E-state index in [9.17, 15) is 14.9 Å². The predicted molar refractivity (Wildman–Crippen MR) is 105 cm³/mol. The Morgan fingerprint density at radius 3 is 2.93 bits per heavy atom. The van der Waals surface area contributed by atoms with Gasteiger partial charge < -0.3 is 4.90 Å². The van der Waals surface area contributed by atoms with Crippen LogP contribution in [0.5, 0.6) is 0 Å². The minimum absolute atomic E-state index is 0.00957. The van der Waals surface area contributed by atoms with Gasteiger partial charge in [0.15, 0.2) is 0 Å². The van der Waals surface area contributed by atoms with Crippen molar-refractivity contribution in [3.8, 4) is 0 Å². The number of nitrogens with zero attached hydrogens (tertiary/aromatic N) is 3. The maximum atomic E-state index is 12.7. The van der Waals surface area contributed by atoms with Crippen molar-refractivity contribution in [2.75, 3.05) is 6.54 Å². The Labute approximate surface area is 159 Å². The number of hydrogen-bond acceptors (Lipinski definition) is 5. The molecular formula is C20H17N3O3S. The molecule has 0 radical (unpaired) electrons. The van der Waals surface area contributed by atoms with E-state index in [2.05, 4.69) is 0 Å². The first-order valence-corrected chi connectivity index (χ1v) is 9.52. The number of likely N-dealkylation sites (tertiary alicyclic amines) is 1. The summed E-state index contributed by atoms with van der Waals surface area (Å²) in [4.78, 5) is 29.7. The molecule has 136 valence electrons. The zero-order valence-electron chi connectivity index (χ0n) is 14.4. The molecule has 2 heterocycles. The number of nitro benzene ring substituents is 1. The van der Waals surface area contributed by atoms with Gasteiger partial charge in [-0.05, 0) is 36.6 Å². The van der Waals surface area contributed by atoms with Gasteiger partial charge in [0, 0.05) is 24.8 Å². The normalized spacial score (nSPS) is 17.0. The lowest BCUT2D eigenvalue weighted by atomic mass is 10.2. The standard InChI is InChI=1S/C20H17N3O3S/c24-19(11-10-14-5-3-6-15(13-14)23(25)26)22-12-4-8-17(22)20-21-16-7-1-2-9-18(16)27-20/h1-3,5-7,9-11,13,17H,4,8,12H2/b11-10+. The number of para-hydroxylation sites is 1. The van der Waals surface area contributed by atoms with Gasteiger partial charge in [-0.15, -0.1) is 11.3 Å². The highest BCUT2D eigenvalue weighted by atomic mass is 32.1. The summed E-state index contributed by atoms with van der Waals surface area (Å²) in [5, 5.41) is 11.8. The molecule has 4 rings (SSSR count). The first-order chi connectivity index (χ1) is 13.1. The van der Waals surface area contributed by atoms with Crippen molar-refractivity contribution in [3.63, 3.8) is 0 Å². The maximum Gasteiger partial charge on any atom is 0.270 e. The average molecular weight is 379 g/mol. The van der Waals surface area contributed by atoms with E-state index in [-0.39, 0.29) is 17.6 Å². The number of aromatic nitrogens is 1. The number of carbonyl (C=O) groups excluding carboxylic acids is 1. The topological polar surface area (TPSA) is 76.3 Å². The average Bonchev–Trinajstić information content (AvgIpc) is 3.32. The third kappa shape index (κ3) is 3.59. The molecule has 1 atom stereocenters. The molecule has 27 heavy (non-hydrogen) atoms. The number of non-ortho nitro benzene ring substituents is 1. The van der Waals surface area contributed by atoms with E-state index in [0.717, 1.165) is 28.1 Å². The largest absolute Gasteiger partial charge is 0.330 e. The van der Waals surface area contributed by atoms with Crippen molar-refractivity contribution in [1.29, 1.82) is 0 Å². The van der Waals surface area contributed by atoms with Crippen molar-refractivity contribution >= 4 is 39.2 Å². The van der Waals surface area contributed by atoms with Crippen LogP contribution in [-0.4, -0.2) is 27.3 Å². The van der Waals surface area contributed by atoms with Crippen LogP contribution in [-0.2, 0) is 4.79 Å². The van der Waals surface area contributed by atoms with Gasteiger partial charge in [0.2, 0.25) is 5.91 Å². The Kier molecular flexibility index (Phi) is 4.68. The number of carbonyl (C=O) groups is 1. The maximum absolute atomic E-state index is 12.7. The zero-order chi connectivity index (χ0) is 18.8. The van der Waals surface area contributed by atoms with Gasteiger partial charge in [-0.1, -0.05) is 24.3 Å². The summed E-state index contributed by atoms with van der Waals surface area (Å²) >= 11 is 1.63. The smallest absolute Gasteiger partial charge is 0.270 e. The van der Waals surface area contributed by atoms with Crippen LogP contribution < -0.4 is 0 Å². The highest BCUT2D eigenvalue weighted by molar-refractivity contribution is 7.18. The summed E-state index contributed by atoms with van der Waals surface area (Å²) in [6.07, 6.45) is 4.96. The highest BCUT2D eigenvalue weighted by Crippen LogP contribution is 2.36. The highest BCUT2D eigenvalue weighted by Gasteiger charge is 2.31. The van der Waals surface area contributed by atoms with Crippen molar-refractivity contribution in [3.05, 3.63) is 75.3 Å². The van der Waals surface area contributed by atoms with E-state index in [4.69, 9.17) is 4.98 Å². The van der Waals surface area contributed by atoms with E-state index in [1.165, 1.54) is 18.2 Å². The fourth-order valence-electron chi connectivity index (χ4n) is 3.33.